The third kappa shape index (κ3) is 3.19. The van der Waals surface area contributed by atoms with Crippen molar-refractivity contribution in [2.75, 3.05) is 0 Å². The molecule has 0 aliphatic heterocycles. The fourth-order valence-corrected chi connectivity index (χ4v) is 2.79. The van der Waals surface area contributed by atoms with Crippen LogP contribution < -0.4 is 0 Å². The molecule has 0 unspecified atom stereocenters. The minimum atomic E-state index is -0.903. The van der Waals surface area contributed by atoms with Gasteiger partial charge in [0.2, 0.25) is 0 Å². The van der Waals surface area contributed by atoms with Crippen LogP contribution >= 0.6 is 0 Å². The minimum Gasteiger partial charge on any atom is -0.478 e. The third-order valence-electron chi connectivity index (χ3n) is 3.91. The van der Waals surface area contributed by atoms with Crippen molar-refractivity contribution in [2.45, 2.75) is 19.8 Å². The molecule has 1 heterocycles. The summed E-state index contributed by atoms with van der Waals surface area (Å²) in [5.74, 6) is -0.903. The van der Waals surface area contributed by atoms with Crippen LogP contribution in [0.1, 0.15) is 40.5 Å². The van der Waals surface area contributed by atoms with E-state index in [0.717, 1.165) is 40.6 Å². The van der Waals surface area contributed by atoms with Gasteiger partial charge in [-0.25, -0.2) is 4.79 Å². The standard InChI is InChI=1S/C20H19NO2/c1-2-6-18-16(11-9-14-7-4-3-5-8-14)17-12-10-15(20(22)23)13-19(17)21-18/h3-5,7-13,21H,2,6H2,1H3,(H,22,23). The van der Waals surface area contributed by atoms with Crippen LogP contribution in [0, 0.1) is 0 Å². The van der Waals surface area contributed by atoms with Crippen LogP contribution in [0.15, 0.2) is 48.5 Å². The van der Waals surface area contributed by atoms with E-state index in [0.29, 0.717) is 5.56 Å². The van der Waals surface area contributed by atoms with E-state index in [1.165, 1.54) is 0 Å². The Labute approximate surface area is 135 Å². The topological polar surface area (TPSA) is 53.1 Å². The second kappa shape index (κ2) is 6.53. The predicted octanol–water partition coefficient (Wildman–Crippen LogP) is 4.99. The van der Waals surface area contributed by atoms with Gasteiger partial charge in [-0.15, -0.1) is 0 Å². The largest absolute Gasteiger partial charge is 0.478 e. The summed E-state index contributed by atoms with van der Waals surface area (Å²) >= 11 is 0. The fraction of sp³-hybridized carbons (Fsp3) is 0.150. The SMILES string of the molecule is CCCc1[nH]c2cc(C(=O)O)ccc2c1C=Cc1ccccc1. The zero-order chi connectivity index (χ0) is 16.2. The second-order valence-corrected chi connectivity index (χ2v) is 5.58. The molecule has 0 saturated carbocycles. The molecule has 3 aromatic rings. The number of nitrogens with one attached hydrogen (secondary N) is 1. The van der Waals surface area contributed by atoms with E-state index < -0.39 is 5.97 Å². The number of carboxylic acid groups (broad SMARTS) is 1. The summed E-state index contributed by atoms with van der Waals surface area (Å²) in [7, 11) is 0. The molecule has 0 amide bonds. The van der Waals surface area contributed by atoms with Gasteiger partial charge < -0.3 is 10.1 Å². The van der Waals surface area contributed by atoms with Crippen LogP contribution in [0.4, 0.5) is 0 Å². The van der Waals surface area contributed by atoms with Gasteiger partial charge in [-0.2, -0.15) is 0 Å². The van der Waals surface area contributed by atoms with Crippen molar-refractivity contribution in [2.24, 2.45) is 0 Å². The highest BCUT2D eigenvalue weighted by atomic mass is 16.4. The number of aromatic nitrogens is 1. The summed E-state index contributed by atoms with van der Waals surface area (Å²) in [6.07, 6.45) is 6.17. The smallest absolute Gasteiger partial charge is 0.335 e. The van der Waals surface area contributed by atoms with E-state index in [2.05, 4.69) is 36.2 Å². The van der Waals surface area contributed by atoms with Crippen molar-refractivity contribution < 1.29 is 9.90 Å². The van der Waals surface area contributed by atoms with Gasteiger partial charge in [0.1, 0.15) is 0 Å². The molecule has 0 radical (unpaired) electrons. The number of aromatic carboxylic acids is 1. The molecule has 0 saturated heterocycles. The maximum atomic E-state index is 11.1. The van der Waals surface area contributed by atoms with E-state index in [4.69, 9.17) is 5.11 Å². The monoisotopic (exact) mass is 305 g/mol. The summed E-state index contributed by atoms with van der Waals surface area (Å²) in [5.41, 5.74) is 4.62. The van der Waals surface area contributed by atoms with E-state index in [-0.39, 0.29) is 0 Å². The summed E-state index contributed by atoms with van der Waals surface area (Å²) in [6, 6.07) is 15.4. The first-order valence-corrected chi connectivity index (χ1v) is 7.80. The number of hydrogen-bond acceptors (Lipinski definition) is 1. The Balaban J connectivity index is 2.08. The van der Waals surface area contributed by atoms with Crippen LogP contribution in [0.5, 0.6) is 0 Å². The van der Waals surface area contributed by atoms with Crippen molar-refractivity contribution in [3.63, 3.8) is 0 Å². The highest BCUT2D eigenvalue weighted by Crippen LogP contribution is 2.26. The molecule has 3 nitrogen and oxygen atoms in total. The van der Waals surface area contributed by atoms with E-state index >= 15 is 0 Å². The van der Waals surface area contributed by atoms with Crippen LogP contribution in [0.3, 0.4) is 0 Å². The number of H-pyrrole nitrogens is 1. The lowest BCUT2D eigenvalue weighted by Gasteiger charge is -1.99. The van der Waals surface area contributed by atoms with E-state index in [1.54, 1.807) is 12.1 Å². The Hall–Kier alpha value is -2.81. The second-order valence-electron chi connectivity index (χ2n) is 5.58. The highest BCUT2D eigenvalue weighted by Gasteiger charge is 2.11. The van der Waals surface area contributed by atoms with Crippen molar-refractivity contribution in [3.05, 3.63) is 70.9 Å². The quantitative estimate of drug-likeness (QED) is 0.697. The van der Waals surface area contributed by atoms with Gasteiger partial charge >= 0.3 is 5.97 Å². The van der Waals surface area contributed by atoms with Crippen LogP contribution in [-0.2, 0) is 6.42 Å². The first-order valence-electron chi connectivity index (χ1n) is 7.80. The molecule has 0 fully saturated rings. The molecular weight excluding hydrogens is 286 g/mol. The molecule has 0 atom stereocenters. The van der Waals surface area contributed by atoms with E-state index in [1.807, 2.05) is 24.3 Å². The number of fused-ring (bicyclic) bond motifs is 1. The number of hydrogen-bond donors (Lipinski definition) is 2. The lowest BCUT2D eigenvalue weighted by molar-refractivity contribution is 0.0697. The number of benzene rings is 2. The number of aryl methyl sites for hydroxylation is 1. The highest BCUT2D eigenvalue weighted by molar-refractivity contribution is 5.98. The maximum absolute atomic E-state index is 11.1. The third-order valence-corrected chi connectivity index (χ3v) is 3.91. The summed E-state index contributed by atoms with van der Waals surface area (Å²) in [5, 5.41) is 10.2. The number of carbonyl (C=O) groups is 1. The van der Waals surface area contributed by atoms with E-state index in [9.17, 15) is 4.79 Å². The zero-order valence-corrected chi connectivity index (χ0v) is 13.0. The maximum Gasteiger partial charge on any atom is 0.335 e. The predicted molar refractivity (Wildman–Crippen MR) is 94.6 cm³/mol. The first kappa shape index (κ1) is 15.1. The Morgan fingerprint density at radius 2 is 1.91 bits per heavy atom. The van der Waals surface area contributed by atoms with Crippen LogP contribution in [-0.4, -0.2) is 16.1 Å². The zero-order valence-electron chi connectivity index (χ0n) is 13.0. The van der Waals surface area contributed by atoms with Crippen molar-refractivity contribution in [1.29, 1.82) is 0 Å². The average Bonchev–Trinajstić information content (AvgIpc) is 2.90. The number of rotatable bonds is 5. The molecule has 0 spiro atoms. The summed E-state index contributed by atoms with van der Waals surface area (Å²) in [6.45, 7) is 2.14. The minimum absolute atomic E-state index is 0.306. The van der Waals surface area contributed by atoms with Crippen molar-refractivity contribution in [1.82, 2.24) is 4.98 Å². The van der Waals surface area contributed by atoms with Gasteiger partial charge in [0.05, 0.1) is 5.56 Å². The molecule has 116 valence electrons. The van der Waals surface area contributed by atoms with Gasteiger partial charge in [-0.05, 0) is 24.1 Å². The Morgan fingerprint density at radius 3 is 2.61 bits per heavy atom. The molecule has 3 rings (SSSR count). The lowest BCUT2D eigenvalue weighted by Crippen LogP contribution is -1.94. The normalized spacial score (nSPS) is 11.3. The van der Waals surface area contributed by atoms with Crippen LogP contribution in [0.2, 0.25) is 0 Å². The summed E-state index contributed by atoms with van der Waals surface area (Å²) in [4.78, 5) is 14.5. The molecule has 0 aliphatic rings. The fourth-order valence-electron chi connectivity index (χ4n) is 2.79. The molecule has 0 aliphatic carbocycles. The van der Waals surface area contributed by atoms with Crippen molar-refractivity contribution >= 4 is 29.0 Å². The van der Waals surface area contributed by atoms with Gasteiger partial charge in [-0.3, -0.25) is 0 Å². The van der Waals surface area contributed by atoms with Gasteiger partial charge in [-0.1, -0.05) is 61.9 Å². The van der Waals surface area contributed by atoms with Gasteiger partial charge in [0.25, 0.3) is 0 Å². The molecule has 2 aromatic carbocycles. The Bertz CT molecular complexity index is 860. The Kier molecular flexibility index (Phi) is 4.29. The first-order chi connectivity index (χ1) is 11.2. The average molecular weight is 305 g/mol. The molecule has 3 heteroatoms. The van der Waals surface area contributed by atoms with Gasteiger partial charge in [0, 0.05) is 22.2 Å². The van der Waals surface area contributed by atoms with Crippen molar-refractivity contribution in [3.8, 4) is 0 Å². The lowest BCUT2D eigenvalue weighted by atomic mass is 10.0. The van der Waals surface area contributed by atoms with Crippen LogP contribution in [0.25, 0.3) is 23.1 Å². The molecule has 0 bridgehead atoms. The number of carboxylic acids is 1. The number of aromatic amines is 1. The molecule has 1 aromatic heterocycles. The molecule has 23 heavy (non-hydrogen) atoms. The Morgan fingerprint density at radius 1 is 1.13 bits per heavy atom. The summed E-state index contributed by atoms with van der Waals surface area (Å²) < 4.78 is 0. The van der Waals surface area contributed by atoms with Gasteiger partial charge in [0.15, 0.2) is 0 Å². The molecular formula is C20H19NO2. The molecule has 2 N–H and O–H groups in total.